The van der Waals surface area contributed by atoms with Crippen molar-refractivity contribution in [1.82, 2.24) is 5.32 Å². The van der Waals surface area contributed by atoms with E-state index in [2.05, 4.69) is 10.6 Å². The van der Waals surface area contributed by atoms with Gasteiger partial charge >= 0.3 is 0 Å². The van der Waals surface area contributed by atoms with E-state index in [1.807, 2.05) is 19.1 Å². The lowest BCUT2D eigenvalue weighted by Crippen LogP contribution is -2.32. The van der Waals surface area contributed by atoms with Crippen LogP contribution in [0.25, 0.3) is 0 Å². The van der Waals surface area contributed by atoms with Crippen molar-refractivity contribution in [2.75, 3.05) is 5.32 Å². The SMILES string of the molecule is CC(=O)Nc1ccc(C(=O)NC(C)CCc2ccco2)s1. The molecule has 0 aromatic carbocycles. The van der Waals surface area contributed by atoms with Gasteiger partial charge in [-0.2, -0.15) is 0 Å². The molecule has 5 nitrogen and oxygen atoms in total. The van der Waals surface area contributed by atoms with Crippen LogP contribution in [0.1, 0.15) is 35.7 Å². The minimum atomic E-state index is -0.143. The number of anilines is 1. The standard InChI is InChI=1S/C15H18N2O3S/c1-10(5-6-12-4-3-9-20-12)16-15(19)13-7-8-14(21-13)17-11(2)18/h3-4,7-10H,5-6H2,1-2H3,(H,16,19)(H,17,18). The maximum Gasteiger partial charge on any atom is 0.261 e. The minimum Gasteiger partial charge on any atom is -0.469 e. The summed E-state index contributed by atoms with van der Waals surface area (Å²) in [6, 6.07) is 7.27. The molecule has 0 saturated heterocycles. The third-order valence-corrected chi connectivity index (χ3v) is 3.91. The third kappa shape index (κ3) is 4.75. The predicted molar refractivity (Wildman–Crippen MR) is 82.6 cm³/mol. The molecular formula is C15H18N2O3S. The second kappa shape index (κ2) is 7.08. The van der Waals surface area contributed by atoms with Crippen LogP contribution in [0.15, 0.2) is 34.9 Å². The molecule has 2 heterocycles. The van der Waals surface area contributed by atoms with E-state index in [-0.39, 0.29) is 17.9 Å². The number of thiophene rings is 1. The van der Waals surface area contributed by atoms with E-state index in [4.69, 9.17) is 4.42 Å². The van der Waals surface area contributed by atoms with Crippen LogP contribution in [-0.4, -0.2) is 17.9 Å². The number of furan rings is 1. The molecule has 0 aliphatic carbocycles. The fourth-order valence-electron chi connectivity index (χ4n) is 1.88. The number of aryl methyl sites for hydroxylation is 1. The molecule has 0 radical (unpaired) electrons. The Kier molecular flexibility index (Phi) is 5.16. The molecule has 0 bridgehead atoms. The molecule has 112 valence electrons. The first kappa shape index (κ1) is 15.3. The maximum absolute atomic E-state index is 12.1. The number of rotatable bonds is 6. The van der Waals surface area contributed by atoms with Gasteiger partial charge in [0.1, 0.15) is 5.76 Å². The summed E-state index contributed by atoms with van der Waals surface area (Å²) >= 11 is 1.26. The second-order valence-corrected chi connectivity index (χ2v) is 5.92. The van der Waals surface area contributed by atoms with E-state index in [0.29, 0.717) is 9.88 Å². The first-order valence-corrected chi connectivity index (χ1v) is 7.57. The van der Waals surface area contributed by atoms with E-state index < -0.39 is 0 Å². The molecule has 1 atom stereocenters. The smallest absolute Gasteiger partial charge is 0.261 e. The van der Waals surface area contributed by atoms with Crippen molar-refractivity contribution < 1.29 is 14.0 Å². The summed E-state index contributed by atoms with van der Waals surface area (Å²) in [6.45, 7) is 3.40. The maximum atomic E-state index is 12.1. The molecule has 0 aliphatic rings. The number of nitrogens with one attached hydrogen (secondary N) is 2. The van der Waals surface area contributed by atoms with E-state index in [0.717, 1.165) is 18.6 Å². The largest absolute Gasteiger partial charge is 0.469 e. The number of hydrogen-bond donors (Lipinski definition) is 2. The van der Waals surface area contributed by atoms with Gasteiger partial charge in [0.15, 0.2) is 0 Å². The molecule has 0 fully saturated rings. The zero-order valence-electron chi connectivity index (χ0n) is 12.0. The van der Waals surface area contributed by atoms with Gasteiger partial charge in [0.05, 0.1) is 16.1 Å². The van der Waals surface area contributed by atoms with Crippen LogP contribution in [0, 0.1) is 0 Å². The number of amides is 2. The Labute approximate surface area is 127 Å². The molecule has 21 heavy (non-hydrogen) atoms. The van der Waals surface area contributed by atoms with Crippen molar-refractivity contribution in [2.45, 2.75) is 32.7 Å². The van der Waals surface area contributed by atoms with Crippen molar-refractivity contribution in [3.8, 4) is 0 Å². The van der Waals surface area contributed by atoms with Crippen LogP contribution in [0.4, 0.5) is 5.00 Å². The van der Waals surface area contributed by atoms with E-state index in [1.165, 1.54) is 18.3 Å². The molecule has 0 saturated carbocycles. The predicted octanol–water partition coefficient (Wildman–Crippen LogP) is 3.05. The van der Waals surface area contributed by atoms with Crippen molar-refractivity contribution in [1.29, 1.82) is 0 Å². The quantitative estimate of drug-likeness (QED) is 0.861. The molecule has 1 unspecified atom stereocenters. The molecule has 2 amide bonds. The monoisotopic (exact) mass is 306 g/mol. The number of carbonyl (C=O) groups excluding carboxylic acids is 2. The van der Waals surface area contributed by atoms with E-state index in [1.54, 1.807) is 18.4 Å². The highest BCUT2D eigenvalue weighted by Gasteiger charge is 2.13. The molecule has 2 aromatic heterocycles. The van der Waals surface area contributed by atoms with Gasteiger partial charge in [0, 0.05) is 19.4 Å². The van der Waals surface area contributed by atoms with Gasteiger partial charge in [0.2, 0.25) is 5.91 Å². The van der Waals surface area contributed by atoms with Crippen LogP contribution in [0.5, 0.6) is 0 Å². The summed E-state index contributed by atoms with van der Waals surface area (Å²) in [7, 11) is 0. The van der Waals surface area contributed by atoms with Gasteiger partial charge in [-0.25, -0.2) is 0 Å². The van der Waals surface area contributed by atoms with E-state index in [9.17, 15) is 9.59 Å². The van der Waals surface area contributed by atoms with Gasteiger partial charge in [-0.15, -0.1) is 11.3 Å². The van der Waals surface area contributed by atoms with Crippen molar-refractivity contribution in [2.24, 2.45) is 0 Å². The molecular weight excluding hydrogens is 288 g/mol. The molecule has 6 heteroatoms. The third-order valence-electron chi connectivity index (χ3n) is 2.91. The Morgan fingerprint density at radius 3 is 2.81 bits per heavy atom. The molecule has 0 spiro atoms. The van der Waals surface area contributed by atoms with Crippen LogP contribution < -0.4 is 10.6 Å². The Bertz CT molecular complexity index is 604. The number of hydrogen-bond acceptors (Lipinski definition) is 4. The lowest BCUT2D eigenvalue weighted by molar-refractivity contribution is -0.114. The second-order valence-electron chi connectivity index (χ2n) is 4.84. The fourth-order valence-corrected chi connectivity index (χ4v) is 2.74. The normalized spacial score (nSPS) is 11.9. The Hall–Kier alpha value is -2.08. The summed E-state index contributed by atoms with van der Waals surface area (Å²) in [5, 5.41) is 6.28. The summed E-state index contributed by atoms with van der Waals surface area (Å²) in [5.74, 6) is 0.652. The summed E-state index contributed by atoms with van der Waals surface area (Å²) in [4.78, 5) is 23.6. The molecule has 2 rings (SSSR count). The van der Waals surface area contributed by atoms with Gasteiger partial charge in [-0.3, -0.25) is 9.59 Å². The molecule has 2 aromatic rings. The summed E-state index contributed by atoms with van der Waals surface area (Å²) < 4.78 is 5.26. The molecule has 0 aliphatic heterocycles. The topological polar surface area (TPSA) is 71.3 Å². The van der Waals surface area contributed by atoms with Gasteiger partial charge < -0.3 is 15.1 Å². The van der Waals surface area contributed by atoms with Crippen molar-refractivity contribution in [3.63, 3.8) is 0 Å². The lowest BCUT2D eigenvalue weighted by Gasteiger charge is -2.12. The Morgan fingerprint density at radius 2 is 2.14 bits per heavy atom. The zero-order chi connectivity index (χ0) is 15.2. The highest BCUT2D eigenvalue weighted by atomic mass is 32.1. The first-order chi connectivity index (χ1) is 10.0. The summed E-state index contributed by atoms with van der Waals surface area (Å²) in [6.07, 6.45) is 3.24. The number of carbonyl (C=O) groups is 2. The van der Waals surface area contributed by atoms with Gasteiger partial charge in [0.25, 0.3) is 5.91 Å². The average molecular weight is 306 g/mol. The first-order valence-electron chi connectivity index (χ1n) is 6.75. The Balaban J connectivity index is 1.82. The van der Waals surface area contributed by atoms with Crippen molar-refractivity contribution in [3.05, 3.63) is 41.2 Å². The van der Waals surface area contributed by atoms with Crippen LogP contribution >= 0.6 is 11.3 Å². The van der Waals surface area contributed by atoms with Crippen LogP contribution in [-0.2, 0) is 11.2 Å². The Morgan fingerprint density at radius 1 is 1.33 bits per heavy atom. The highest BCUT2D eigenvalue weighted by Crippen LogP contribution is 2.21. The lowest BCUT2D eigenvalue weighted by atomic mass is 10.1. The highest BCUT2D eigenvalue weighted by molar-refractivity contribution is 7.18. The van der Waals surface area contributed by atoms with Crippen LogP contribution in [0.3, 0.4) is 0 Å². The molecule has 2 N–H and O–H groups in total. The van der Waals surface area contributed by atoms with Crippen molar-refractivity contribution >= 4 is 28.2 Å². The fraction of sp³-hybridized carbons (Fsp3) is 0.333. The van der Waals surface area contributed by atoms with E-state index >= 15 is 0 Å². The zero-order valence-corrected chi connectivity index (χ0v) is 12.8. The van der Waals surface area contributed by atoms with Gasteiger partial charge in [-0.05, 0) is 37.6 Å². The van der Waals surface area contributed by atoms with Crippen LogP contribution in [0.2, 0.25) is 0 Å². The van der Waals surface area contributed by atoms with Gasteiger partial charge in [-0.1, -0.05) is 0 Å². The summed E-state index contributed by atoms with van der Waals surface area (Å²) in [5.41, 5.74) is 0. The average Bonchev–Trinajstić information content (AvgIpc) is 3.06. The minimum absolute atomic E-state index is 0.0499.